The highest BCUT2D eigenvalue weighted by molar-refractivity contribution is 7.89. The summed E-state index contributed by atoms with van der Waals surface area (Å²) in [4.78, 5) is 22.5. The zero-order chi connectivity index (χ0) is 14.6. The van der Waals surface area contributed by atoms with Crippen molar-refractivity contribution in [2.45, 2.75) is 18.7 Å². The van der Waals surface area contributed by atoms with E-state index >= 15 is 0 Å². The zero-order valence-corrected chi connectivity index (χ0v) is 11.3. The molecule has 104 valence electrons. The number of nitrogens with two attached hydrogens (primary N) is 1. The normalized spacial score (nSPS) is 10.9. The Morgan fingerprint density at radius 1 is 1.37 bits per heavy atom. The number of sulfonamides is 1. The van der Waals surface area contributed by atoms with Crippen molar-refractivity contribution in [2.24, 2.45) is 5.14 Å². The number of hydrogen-bond acceptors (Lipinski definition) is 5. The Labute approximate surface area is 110 Å². The number of aryl methyl sites for hydroxylation is 1. The van der Waals surface area contributed by atoms with Crippen LogP contribution >= 0.6 is 0 Å². The molecule has 1 amide bonds. The molecule has 0 spiro atoms. The molecular formula is C11H14N2O5S. The minimum atomic E-state index is -3.88. The van der Waals surface area contributed by atoms with E-state index in [1.54, 1.807) is 13.8 Å². The van der Waals surface area contributed by atoms with Crippen molar-refractivity contribution in [3.8, 4) is 0 Å². The van der Waals surface area contributed by atoms with Gasteiger partial charge in [-0.05, 0) is 31.5 Å². The molecule has 0 aliphatic rings. The molecule has 0 atom stereocenters. The van der Waals surface area contributed by atoms with Crippen molar-refractivity contribution in [3.05, 3.63) is 23.8 Å². The highest BCUT2D eigenvalue weighted by Gasteiger charge is 2.17. The first kappa shape index (κ1) is 15.1. The van der Waals surface area contributed by atoms with E-state index in [0.29, 0.717) is 5.56 Å². The third-order valence-electron chi connectivity index (χ3n) is 2.25. The largest absolute Gasteiger partial charge is 0.459 e. The molecule has 0 saturated heterocycles. The molecule has 1 aromatic carbocycles. The molecule has 1 rings (SSSR count). The van der Waals surface area contributed by atoms with Gasteiger partial charge in [0.15, 0.2) is 0 Å². The lowest BCUT2D eigenvalue weighted by atomic mass is 10.2. The fraction of sp³-hybridized carbons (Fsp3) is 0.273. The molecule has 19 heavy (non-hydrogen) atoms. The van der Waals surface area contributed by atoms with Gasteiger partial charge in [-0.25, -0.2) is 18.4 Å². The number of anilines is 1. The lowest BCUT2D eigenvalue weighted by Gasteiger charge is -2.09. The third kappa shape index (κ3) is 4.04. The molecule has 7 nitrogen and oxygen atoms in total. The summed E-state index contributed by atoms with van der Waals surface area (Å²) in [5.41, 5.74) is 0.773. The predicted molar refractivity (Wildman–Crippen MR) is 67.8 cm³/mol. The molecule has 1 aromatic rings. The quantitative estimate of drug-likeness (QED) is 0.606. The number of esters is 1. The van der Waals surface area contributed by atoms with Gasteiger partial charge in [0.05, 0.1) is 11.5 Å². The third-order valence-corrected chi connectivity index (χ3v) is 3.16. The van der Waals surface area contributed by atoms with Crippen LogP contribution in [-0.2, 0) is 24.3 Å². The van der Waals surface area contributed by atoms with Gasteiger partial charge < -0.3 is 10.1 Å². The number of amides is 1. The van der Waals surface area contributed by atoms with Gasteiger partial charge in [0.2, 0.25) is 10.0 Å². The first-order valence-electron chi connectivity index (χ1n) is 5.37. The van der Waals surface area contributed by atoms with Crippen molar-refractivity contribution >= 4 is 27.6 Å². The summed E-state index contributed by atoms with van der Waals surface area (Å²) < 4.78 is 26.9. The van der Waals surface area contributed by atoms with Crippen LogP contribution in [0, 0.1) is 6.92 Å². The summed E-state index contributed by atoms with van der Waals surface area (Å²) in [7, 11) is -3.88. The Bertz CT molecular complexity index is 610. The van der Waals surface area contributed by atoms with Crippen molar-refractivity contribution in [3.63, 3.8) is 0 Å². The van der Waals surface area contributed by atoms with Crippen LogP contribution in [0.4, 0.5) is 5.69 Å². The van der Waals surface area contributed by atoms with Crippen LogP contribution in [0.15, 0.2) is 23.1 Å². The first-order valence-corrected chi connectivity index (χ1v) is 6.92. The molecule has 8 heteroatoms. The average Bonchev–Trinajstić information content (AvgIpc) is 2.30. The molecule has 0 aromatic heterocycles. The molecule has 0 radical (unpaired) electrons. The summed E-state index contributed by atoms with van der Waals surface area (Å²) in [5.74, 6) is -2.01. The fourth-order valence-electron chi connectivity index (χ4n) is 1.28. The van der Waals surface area contributed by atoms with E-state index < -0.39 is 21.9 Å². The smallest absolute Gasteiger partial charge is 0.397 e. The van der Waals surface area contributed by atoms with Crippen LogP contribution in [0.5, 0.6) is 0 Å². The summed E-state index contributed by atoms with van der Waals surface area (Å²) in [6.45, 7) is 3.29. The molecule has 0 aliphatic carbocycles. The Hall–Kier alpha value is -1.93. The molecule has 0 heterocycles. The lowest BCUT2D eigenvalue weighted by molar-refractivity contribution is -0.152. The molecule has 0 bridgehead atoms. The first-order chi connectivity index (χ1) is 8.75. The number of benzene rings is 1. The molecular weight excluding hydrogens is 272 g/mol. The van der Waals surface area contributed by atoms with Crippen molar-refractivity contribution < 1.29 is 22.7 Å². The maximum atomic E-state index is 11.4. The highest BCUT2D eigenvalue weighted by Crippen LogP contribution is 2.19. The second-order valence-electron chi connectivity index (χ2n) is 3.70. The standard InChI is InChI=1S/C11H14N2O5S/c1-3-18-11(15)10(14)13-9-6-8(19(12,16)17)5-4-7(9)2/h4-6H,3H2,1-2H3,(H,13,14)(H2,12,16,17). The molecule has 0 fully saturated rings. The summed E-state index contributed by atoms with van der Waals surface area (Å²) in [6, 6.07) is 3.97. The van der Waals surface area contributed by atoms with E-state index in [1.807, 2.05) is 0 Å². The number of ether oxygens (including phenoxy) is 1. The maximum absolute atomic E-state index is 11.4. The molecule has 0 unspecified atom stereocenters. The zero-order valence-electron chi connectivity index (χ0n) is 10.5. The second kappa shape index (κ2) is 5.81. The molecule has 3 N–H and O–H groups in total. The summed E-state index contributed by atoms with van der Waals surface area (Å²) in [6.07, 6.45) is 0. The fourth-order valence-corrected chi connectivity index (χ4v) is 1.82. The number of rotatable bonds is 3. The molecule has 0 aliphatic heterocycles. The Balaban J connectivity index is 3.01. The van der Waals surface area contributed by atoms with E-state index in [-0.39, 0.29) is 17.2 Å². The van der Waals surface area contributed by atoms with Gasteiger partial charge in [-0.15, -0.1) is 0 Å². The van der Waals surface area contributed by atoms with E-state index in [2.05, 4.69) is 10.1 Å². The van der Waals surface area contributed by atoms with Crippen LogP contribution in [-0.4, -0.2) is 26.9 Å². The van der Waals surface area contributed by atoms with Gasteiger partial charge in [-0.2, -0.15) is 0 Å². The van der Waals surface area contributed by atoms with Crippen molar-refractivity contribution in [1.82, 2.24) is 0 Å². The lowest BCUT2D eigenvalue weighted by Crippen LogP contribution is -2.25. The van der Waals surface area contributed by atoms with Crippen LogP contribution in [0.1, 0.15) is 12.5 Å². The Morgan fingerprint density at radius 2 is 2.00 bits per heavy atom. The predicted octanol–water partition coefficient (Wildman–Crippen LogP) is 0.144. The van der Waals surface area contributed by atoms with E-state index in [1.165, 1.54) is 18.2 Å². The van der Waals surface area contributed by atoms with Crippen LogP contribution < -0.4 is 10.5 Å². The van der Waals surface area contributed by atoms with Gasteiger partial charge in [-0.3, -0.25) is 4.79 Å². The van der Waals surface area contributed by atoms with Crippen LogP contribution in [0.2, 0.25) is 0 Å². The van der Waals surface area contributed by atoms with Gasteiger partial charge in [0.1, 0.15) is 0 Å². The van der Waals surface area contributed by atoms with Gasteiger partial charge >= 0.3 is 11.9 Å². The highest BCUT2D eigenvalue weighted by atomic mass is 32.2. The van der Waals surface area contributed by atoms with Gasteiger partial charge in [-0.1, -0.05) is 6.07 Å². The van der Waals surface area contributed by atoms with E-state index in [4.69, 9.17) is 5.14 Å². The minimum absolute atomic E-state index is 0.0719. The Morgan fingerprint density at radius 3 is 2.53 bits per heavy atom. The van der Waals surface area contributed by atoms with Crippen molar-refractivity contribution in [2.75, 3.05) is 11.9 Å². The minimum Gasteiger partial charge on any atom is -0.459 e. The SMILES string of the molecule is CCOC(=O)C(=O)Nc1cc(S(N)(=O)=O)ccc1C. The van der Waals surface area contributed by atoms with E-state index in [9.17, 15) is 18.0 Å². The number of carbonyl (C=O) groups excluding carboxylic acids is 2. The number of nitrogens with one attached hydrogen (secondary N) is 1. The second-order valence-corrected chi connectivity index (χ2v) is 5.26. The average molecular weight is 286 g/mol. The monoisotopic (exact) mass is 286 g/mol. The summed E-state index contributed by atoms with van der Waals surface area (Å²) >= 11 is 0. The Kier molecular flexibility index (Phi) is 4.62. The van der Waals surface area contributed by atoms with Crippen LogP contribution in [0.3, 0.4) is 0 Å². The summed E-state index contributed by atoms with van der Waals surface area (Å²) in [5, 5.41) is 7.26. The van der Waals surface area contributed by atoms with Crippen molar-refractivity contribution in [1.29, 1.82) is 0 Å². The number of carbonyl (C=O) groups is 2. The maximum Gasteiger partial charge on any atom is 0.397 e. The van der Waals surface area contributed by atoms with Crippen LogP contribution in [0.25, 0.3) is 0 Å². The number of primary sulfonamides is 1. The molecule has 0 saturated carbocycles. The van der Waals surface area contributed by atoms with Gasteiger partial charge in [0.25, 0.3) is 0 Å². The number of hydrogen-bond donors (Lipinski definition) is 2. The van der Waals surface area contributed by atoms with E-state index in [0.717, 1.165) is 0 Å². The van der Waals surface area contributed by atoms with Gasteiger partial charge in [0, 0.05) is 5.69 Å². The topological polar surface area (TPSA) is 116 Å².